The van der Waals surface area contributed by atoms with E-state index >= 15 is 0 Å². The molecule has 14 heavy (non-hydrogen) atoms. The topological polar surface area (TPSA) is 113 Å². The highest BCUT2D eigenvalue weighted by Crippen LogP contribution is 2.14. The summed E-state index contributed by atoms with van der Waals surface area (Å²) in [6, 6.07) is -1.42. The van der Waals surface area contributed by atoms with E-state index in [1.54, 1.807) is 0 Å². The first-order valence-electron chi connectivity index (χ1n) is 4.13. The molecule has 0 bridgehead atoms. The van der Waals surface area contributed by atoms with Gasteiger partial charge in [-0.15, -0.1) is 12.4 Å². The van der Waals surface area contributed by atoms with E-state index in [0.717, 1.165) is 0 Å². The smallest absolute Gasteiger partial charge is 0.109 e. The number of aliphatic hydroxyl groups excluding tert-OH is 5. The van der Waals surface area contributed by atoms with Gasteiger partial charge in [0, 0.05) is 0 Å². The Morgan fingerprint density at radius 1 is 0.786 bits per heavy atom. The van der Waals surface area contributed by atoms with E-state index in [1.807, 2.05) is 0 Å². The highest BCUT2D eigenvalue weighted by molar-refractivity contribution is 5.85. The minimum absolute atomic E-state index is 0. The predicted molar refractivity (Wildman–Crippen MR) is 50.2 cm³/mol. The van der Waals surface area contributed by atoms with Crippen LogP contribution >= 0.6 is 12.4 Å². The summed E-state index contributed by atoms with van der Waals surface area (Å²) >= 11 is 0. The third-order valence-corrected chi connectivity index (χ3v) is 2.35. The van der Waals surface area contributed by atoms with Crippen molar-refractivity contribution in [3.05, 3.63) is 0 Å². The molecule has 1 saturated heterocycles. The maximum atomic E-state index is 9.31. The largest absolute Gasteiger partial charge is 0.395 e. The first-order valence-corrected chi connectivity index (χ1v) is 4.13. The van der Waals surface area contributed by atoms with E-state index in [4.69, 9.17) is 10.2 Å². The number of hydrogen-bond donors (Lipinski definition) is 6. The lowest BCUT2D eigenvalue weighted by atomic mass is 9.91. The molecule has 1 fully saturated rings. The molecule has 5 atom stereocenters. The first kappa shape index (κ1) is 14.1. The molecule has 86 valence electrons. The quantitative estimate of drug-likeness (QED) is 0.298. The van der Waals surface area contributed by atoms with E-state index in [-0.39, 0.29) is 25.6 Å². The van der Waals surface area contributed by atoms with Gasteiger partial charge < -0.3 is 30.8 Å². The van der Waals surface area contributed by atoms with Crippen LogP contribution in [-0.4, -0.2) is 69.1 Å². The van der Waals surface area contributed by atoms with Crippen LogP contribution in [0.25, 0.3) is 0 Å². The number of hydrogen-bond acceptors (Lipinski definition) is 6. The third-order valence-electron chi connectivity index (χ3n) is 2.35. The molecule has 0 aliphatic carbocycles. The van der Waals surface area contributed by atoms with Crippen LogP contribution in [0.15, 0.2) is 0 Å². The molecule has 0 amide bonds. The number of aliphatic hydroxyl groups is 5. The highest BCUT2D eigenvalue weighted by atomic mass is 35.5. The molecule has 6 N–H and O–H groups in total. The molecule has 0 aromatic heterocycles. The lowest BCUT2D eigenvalue weighted by Crippen LogP contribution is -2.66. The van der Waals surface area contributed by atoms with Gasteiger partial charge in [-0.3, -0.25) is 0 Å². The fourth-order valence-corrected chi connectivity index (χ4v) is 1.47. The van der Waals surface area contributed by atoms with Crippen LogP contribution in [0.4, 0.5) is 0 Å². The molecule has 0 radical (unpaired) electrons. The summed E-state index contributed by atoms with van der Waals surface area (Å²) in [5.74, 6) is 0. The third kappa shape index (κ3) is 2.54. The molecule has 1 aliphatic heterocycles. The lowest BCUT2D eigenvalue weighted by Gasteiger charge is -2.40. The monoisotopic (exact) mass is 229 g/mol. The van der Waals surface area contributed by atoms with Crippen molar-refractivity contribution in [2.75, 3.05) is 13.2 Å². The van der Waals surface area contributed by atoms with Gasteiger partial charge in [-0.25, -0.2) is 0 Å². The van der Waals surface area contributed by atoms with Crippen LogP contribution in [0.3, 0.4) is 0 Å². The lowest BCUT2D eigenvalue weighted by molar-refractivity contribution is -0.125. The molecule has 0 saturated carbocycles. The SMILES string of the molecule is Cl.OC[C@H]1N[C@H](CO)[C@@H](O)C(O)[C@H]1O. The first-order chi connectivity index (χ1) is 6.11. The standard InChI is InChI=1S/C7H15NO5.ClH/c9-1-3-5(11)7(13)6(12)4(2-10)8-3;/h3-13H,1-2H2;1H/t3-,4-,5-,6+,7?;/m1./s1. The second-order valence-corrected chi connectivity index (χ2v) is 3.22. The fraction of sp³-hybridized carbons (Fsp3) is 1.00. The predicted octanol–water partition coefficient (Wildman–Crippen LogP) is -3.18. The molecular weight excluding hydrogens is 214 g/mol. The minimum Gasteiger partial charge on any atom is -0.395 e. The zero-order chi connectivity index (χ0) is 10.0. The molecule has 0 spiro atoms. The Morgan fingerprint density at radius 3 is 1.43 bits per heavy atom. The summed E-state index contributed by atoms with van der Waals surface area (Å²) in [5.41, 5.74) is 0. The second-order valence-electron chi connectivity index (χ2n) is 3.22. The zero-order valence-corrected chi connectivity index (χ0v) is 8.26. The maximum absolute atomic E-state index is 9.31. The van der Waals surface area contributed by atoms with E-state index in [2.05, 4.69) is 5.32 Å². The highest BCUT2D eigenvalue weighted by Gasteiger charge is 2.41. The maximum Gasteiger partial charge on any atom is 0.109 e. The summed E-state index contributed by atoms with van der Waals surface area (Å²) in [6.45, 7) is -0.719. The average Bonchev–Trinajstić information content (AvgIpc) is 2.15. The summed E-state index contributed by atoms with van der Waals surface area (Å²) in [7, 11) is 0. The van der Waals surface area contributed by atoms with Crippen molar-refractivity contribution < 1.29 is 25.5 Å². The van der Waals surface area contributed by atoms with Crippen molar-refractivity contribution in [1.82, 2.24) is 5.32 Å². The molecule has 1 heterocycles. The number of piperidine rings is 1. The Bertz CT molecular complexity index is 152. The zero-order valence-electron chi connectivity index (χ0n) is 7.45. The molecule has 0 aromatic rings. The van der Waals surface area contributed by atoms with Crippen molar-refractivity contribution in [3.63, 3.8) is 0 Å². The Kier molecular flexibility index (Phi) is 5.84. The van der Waals surface area contributed by atoms with Crippen LogP contribution in [0.5, 0.6) is 0 Å². The van der Waals surface area contributed by atoms with Crippen LogP contribution in [-0.2, 0) is 0 Å². The number of rotatable bonds is 2. The van der Waals surface area contributed by atoms with E-state index in [1.165, 1.54) is 0 Å². The summed E-state index contributed by atoms with van der Waals surface area (Å²) in [4.78, 5) is 0. The second kappa shape index (κ2) is 5.82. The van der Waals surface area contributed by atoms with Crippen LogP contribution in [0, 0.1) is 0 Å². The molecule has 1 unspecified atom stereocenters. The van der Waals surface area contributed by atoms with E-state index in [0.29, 0.717) is 0 Å². The van der Waals surface area contributed by atoms with Gasteiger partial charge in [-0.1, -0.05) is 0 Å². The van der Waals surface area contributed by atoms with Crippen molar-refractivity contribution in [3.8, 4) is 0 Å². The van der Waals surface area contributed by atoms with Crippen molar-refractivity contribution in [2.45, 2.75) is 30.4 Å². The normalized spacial score (nSPS) is 43.1. The van der Waals surface area contributed by atoms with Gasteiger partial charge in [0.25, 0.3) is 0 Å². The number of halogens is 1. The van der Waals surface area contributed by atoms with Gasteiger partial charge in [-0.05, 0) is 0 Å². The van der Waals surface area contributed by atoms with Gasteiger partial charge >= 0.3 is 0 Å². The summed E-state index contributed by atoms with van der Waals surface area (Å²) in [6.07, 6.45) is -3.78. The van der Waals surface area contributed by atoms with Crippen molar-refractivity contribution >= 4 is 12.4 Å². The van der Waals surface area contributed by atoms with E-state index in [9.17, 15) is 15.3 Å². The van der Waals surface area contributed by atoms with Crippen LogP contribution in [0.1, 0.15) is 0 Å². The van der Waals surface area contributed by atoms with Gasteiger partial charge in [0.05, 0.1) is 37.5 Å². The Labute approximate surface area is 87.6 Å². The minimum atomic E-state index is -1.34. The Hall–Kier alpha value is 0.0500. The van der Waals surface area contributed by atoms with Crippen molar-refractivity contribution in [1.29, 1.82) is 0 Å². The molecule has 7 heteroatoms. The molecule has 1 aliphatic rings. The molecule has 1 rings (SSSR count). The van der Waals surface area contributed by atoms with Gasteiger partial charge in [0.1, 0.15) is 6.10 Å². The van der Waals surface area contributed by atoms with Gasteiger partial charge in [-0.2, -0.15) is 0 Å². The summed E-state index contributed by atoms with van der Waals surface area (Å²) < 4.78 is 0. The van der Waals surface area contributed by atoms with Crippen LogP contribution < -0.4 is 5.32 Å². The van der Waals surface area contributed by atoms with Gasteiger partial charge in [0.15, 0.2) is 0 Å². The summed E-state index contributed by atoms with van der Waals surface area (Å²) in [5, 5.41) is 48.1. The average molecular weight is 230 g/mol. The molecule has 0 aromatic carbocycles. The Balaban J connectivity index is 0.00000169. The molecule has 6 nitrogen and oxygen atoms in total. The van der Waals surface area contributed by atoms with Crippen LogP contribution in [0.2, 0.25) is 0 Å². The van der Waals surface area contributed by atoms with Crippen molar-refractivity contribution in [2.24, 2.45) is 0 Å². The van der Waals surface area contributed by atoms with E-state index < -0.39 is 30.4 Å². The van der Waals surface area contributed by atoms with Gasteiger partial charge in [0.2, 0.25) is 0 Å². The molecular formula is C7H16ClNO5. The fourth-order valence-electron chi connectivity index (χ4n) is 1.47. The number of nitrogens with one attached hydrogen (secondary N) is 1. The Morgan fingerprint density at radius 2 is 1.14 bits per heavy atom.